The van der Waals surface area contributed by atoms with Crippen molar-refractivity contribution in [2.24, 2.45) is 0 Å². The van der Waals surface area contributed by atoms with Crippen LogP contribution in [0.5, 0.6) is 0 Å². The van der Waals surface area contributed by atoms with Crippen molar-refractivity contribution < 1.29 is 0 Å². The van der Waals surface area contributed by atoms with E-state index in [9.17, 15) is 0 Å². The molecule has 0 radical (unpaired) electrons. The van der Waals surface area contributed by atoms with E-state index in [1.807, 2.05) is 0 Å². The van der Waals surface area contributed by atoms with Crippen LogP contribution in [0.25, 0.3) is 0 Å². The highest BCUT2D eigenvalue weighted by molar-refractivity contribution is 9.09. The fraction of sp³-hybridized carbons (Fsp3) is 1.00. The zero-order valence-electron chi connectivity index (χ0n) is 8.34. The van der Waals surface area contributed by atoms with Gasteiger partial charge in [-0.05, 0) is 45.2 Å². The number of nitrogens with zero attached hydrogens (tertiary/aromatic N) is 1. The van der Waals surface area contributed by atoms with Crippen LogP contribution in [0.3, 0.4) is 0 Å². The van der Waals surface area contributed by atoms with Crippen LogP contribution in [-0.2, 0) is 0 Å². The van der Waals surface area contributed by atoms with Crippen LogP contribution in [0.4, 0.5) is 0 Å². The highest BCUT2D eigenvalue weighted by atomic mass is 79.9. The molecule has 1 unspecified atom stereocenters. The molecule has 13 heavy (non-hydrogen) atoms. The predicted octanol–water partition coefficient (Wildman–Crippen LogP) is 3.18. The van der Waals surface area contributed by atoms with Crippen molar-refractivity contribution >= 4 is 15.9 Å². The van der Waals surface area contributed by atoms with Crippen molar-refractivity contribution in [3.05, 3.63) is 0 Å². The van der Waals surface area contributed by atoms with E-state index in [-0.39, 0.29) is 0 Å². The SMILES string of the molecule is BrC1CCCN(C2CCCC2)CC1. The van der Waals surface area contributed by atoms with E-state index in [0.29, 0.717) is 0 Å². The van der Waals surface area contributed by atoms with Gasteiger partial charge in [0.05, 0.1) is 0 Å². The first kappa shape index (κ1) is 9.97. The Bertz CT molecular complexity index is 154. The summed E-state index contributed by atoms with van der Waals surface area (Å²) in [5.41, 5.74) is 0. The zero-order chi connectivity index (χ0) is 9.10. The minimum Gasteiger partial charge on any atom is -0.300 e. The molecule has 1 atom stereocenters. The molecular weight excluding hydrogens is 226 g/mol. The molecule has 1 heterocycles. The monoisotopic (exact) mass is 245 g/mol. The van der Waals surface area contributed by atoms with Gasteiger partial charge in [-0.25, -0.2) is 0 Å². The molecule has 0 spiro atoms. The molecule has 1 nitrogen and oxygen atoms in total. The van der Waals surface area contributed by atoms with Gasteiger partial charge in [-0.1, -0.05) is 28.8 Å². The van der Waals surface area contributed by atoms with E-state index in [0.717, 1.165) is 10.9 Å². The molecule has 0 N–H and O–H groups in total. The van der Waals surface area contributed by atoms with Crippen LogP contribution in [0, 0.1) is 0 Å². The van der Waals surface area contributed by atoms with Crippen LogP contribution in [0.15, 0.2) is 0 Å². The fourth-order valence-electron chi connectivity index (χ4n) is 2.71. The first-order valence-electron chi connectivity index (χ1n) is 5.74. The van der Waals surface area contributed by atoms with Gasteiger partial charge in [0.1, 0.15) is 0 Å². The highest BCUT2D eigenvalue weighted by Gasteiger charge is 2.24. The normalized spacial score (nSPS) is 33.5. The summed E-state index contributed by atoms with van der Waals surface area (Å²) < 4.78 is 0. The van der Waals surface area contributed by atoms with Crippen molar-refractivity contribution in [1.82, 2.24) is 4.90 Å². The summed E-state index contributed by atoms with van der Waals surface area (Å²) in [6.07, 6.45) is 10.0. The van der Waals surface area contributed by atoms with E-state index in [4.69, 9.17) is 0 Å². The number of halogens is 1. The first-order valence-corrected chi connectivity index (χ1v) is 6.66. The van der Waals surface area contributed by atoms with Crippen molar-refractivity contribution in [3.8, 4) is 0 Å². The average Bonchev–Trinajstić information content (AvgIpc) is 2.56. The topological polar surface area (TPSA) is 3.24 Å². The lowest BCUT2D eigenvalue weighted by molar-refractivity contribution is 0.207. The smallest absolute Gasteiger partial charge is 0.0158 e. The summed E-state index contributed by atoms with van der Waals surface area (Å²) in [7, 11) is 0. The largest absolute Gasteiger partial charge is 0.300 e. The second-order valence-corrected chi connectivity index (χ2v) is 5.80. The van der Waals surface area contributed by atoms with Gasteiger partial charge in [0.25, 0.3) is 0 Å². The Balaban J connectivity index is 1.84. The molecule has 0 bridgehead atoms. The van der Waals surface area contributed by atoms with E-state index in [1.54, 1.807) is 0 Å². The lowest BCUT2D eigenvalue weighted by Gasteiger charge is -2.26. The molecule has 2 heteroatoms. The molecule has 0 amide bonds. The highest BCUT2D eigenvalue weighted by Crippen LogP contribution is 2.27. The molecule has 76 valence electrons. The quantitative estimate of drug-likeness (QED) is 0.642. The van der Waals surface area contributed by atoms with E-state index in [2.05, 4.69) is 20.8 Å². The summed E-state index contributed by atoms with van der Waals surface area (Å²) in [4.78, 5) is 3.53. The van der Waals surface area contributed by atoms with Gasteiger partial charge >= 0.3 is 0 Å². The third-order valence-corrected chi connectivity index (χ3v) is 4.45. The Hall–Kier alpha value is 0.440. The van der Waals surface area contributed by atoms with Gasteiger partial charge in [0.2, 0.25) is 0 Å². The zero-order valence-corrected chi connectivity index (χ0v) is 9.93. The summed E-state index contributed by atoms with van der Waals surface area (Å²) in [5.74, 6) is 0. The Kier molecular flexibility index (Phi) is 3.67. The first-order chi connectivity index (χ1) is 6.36. The molecule has 2 aliphatic rings. The van der Waals surface area contributed by atoms with E-state index in [1.165, 1.54) is 58.0 Å². The Morgan fingerprint density at radius 2 is 1.62 bits per heavy atom. The van der Waals surface area contributed by atoms with Crippen molar-refractivity contribution in [2.45, 2.75) is 55.8 Å². The van der Waals surface area contributed by atoms with Crippen LogP contribution >= 0.6 is 15.9 Å². The van der Waals surface area contributed by atoms with Gasteiger partial charge in [-0.2, -0.15) is 0 Å². The standard InChI is InChI=1S/C11H20BrN/c12-10-4-3-8-13(9-7-10)11-5-1-2-6-11/h10-11H,1-9H2. The maximum absolute atomic E-state index is 3.75. The van der Waals surface area contributed by atoms with Crippen molar-refractivity contribution in [3.63, 3.8) is 0 Å². The van der Waals surface area contributed by atoms with Gasteiger partial charge < -0.3 is 4.90 Å². The molecule has 0 aromatic heterocycles. The van der Waals surface area contributed by atoms with Crippen LogP contribution in [-0.4, -0.2) is 28.9 Å². The molecule has 2 rings (SSSR count). The van der Waals surface area contributed by atoms with Gasteiger partial charge in [-0.3, -0.25) is 0 Å². The van der Waals surface area contributed by atoms with Gasteiger partial charge in [-0.15, -0.1) is 0 Å². The second-order valence-electron chi connectivity index (χ2n) is 4.50. The number of rotatable bonds is 1. The van der Waals surface area contributed by atoms with Crippen LogP contribution in [0.1, 0.15) is 44.9 Å². The minimum atomic E-state index is 0.791. The van der Waals surface area contributed by atoms with Crippen molar-refractivity contribution in [2.75, 3.05) is 13.1 Å². The summed E-state index contributed by atoms with van der Waals surface area (Å²) in [6, 6.07) is 0.942. The molecule has 1 aliphatic carbocycles. The molecule has 0 aromatic carbocycles. The maximum atomic E-state index is 3.75. The molecular formula is C11H20BrN. The lowest BCUT2D eigenvalue weighted by Crippen LogP contribution is -2.34. The number of hydrogen-bond donors (Lipinski definition) is 0. The molecule has 0 aromatic rings. The van der Waals surface area contributed by atoms with E-state index < -0.39 is 0 Å². The van der Waals surface area contributed by atoms with E-state index >= 15 is 0 Å². The molecule has 2 fully saturated rings. The molecule has 1 saturated carbocycles. The summed E-state index contributed by atoms with van der Waals surface area (Å²) in [5, 5.41) is 0. The third-order valence-electron chi connectivity index (χ3n) is 3.53. The average molecular weight is 246 g/mol. The second kappa shape index (κ2) is 4.79. The van der Waals surface area contributed by atoms with Gasteiger partial charge in [0.15, 0.2) is 0 Å². The molecule has 1 aliphatic heterocycles. The fourth-order valence-corrected chi connectivity index (χ4v) is 3.24. The predicted molar refractivity (Wildman–Crippen MR) is 60.4 cm³/mol. The Morgan fingerprint density at radius 3 is 2.38 bits per heavy atom. The summed E-state index contributed by atoms with van der Waals surface area (Å²) >= 11 is 3.75. The maximum Gasteiger partial charge on any atom is 0.0158 e. The third kappa shape index (κ3) is 2.69. The summed E-state index contributed by atoms with van der Waals surface area (Å²) in [6.45, 7) is 2.69. The Labute approximate surface area is 90.0 Å². The Morgan fingerprint density at radius 1 is 0.846 bits per heavy atom. The number of alkyl halides is 1. The molecule has 1 saturated heterocycles. The van der Waals surface area contributed by atoms with Crippen molar-refractivity contribution in [1.29, 1.82) is 0 Å². The minimum absolute atomic E-state index is 0.791. The lowest BCUT2D eigenvalue weighted by atomic mass is 10.2. The van der Waals surface area contributed by atoms with Crippen LogP contribution in [0.2, 0.25) is 0 Å². The number of likely N-dealkylation sites (tertiary alicyclic amines) is 1. The van der Waals surface area contributed by atoms with Crippen LogP contribution < -0.4 is 0 Å². The van der Waals surface area contributed by atoms with Gasteiger partial charge in [0, 0.05) is 10.9 Å². The number of hydrogen-bond acceptors (Lipinski definition) is 1.